The average Bonchev–Trinajstić information content (AvgIpc) is 2.94. The molecular formula is C27H21IrN5-2. The minimum Gasteiger partial charge on any atom is -0.305 e. The third-order valence-electron chi connectivity index (χ3n) is 4.29. The van der Waals surface area contributed by atoms with E-state index in [9.17, 15) is 0 Å². The topological polar surface area (TPSA) is 64.5 Å². The summed E-state index contributed by atoms with van der Waals surface area (Å²) in [5.74, 6) is -1.15. The predicted molar refractivity (Wildman–Crippen MR) is 125 cm³/mol. The van der Waals surface area contributed by atoms with Crippen LogP contribution in [-0.4, -0.2) is 24.9 Å². The van der Waals surface area contributed by atoms with Gasteiger partial charge in [-0.2, -0.15) is 0 Å². The van der Waals surface area contributed by atoms with Crippen LogP contribution in [0, 0.1) is 25.8 Å². The molecule has 0 aliphatic heterocycles. The standard InChI is InChI=1S/C16H13N4.C11H8N.Ir/c1-11-18-12(2)20-16(19-11)14-8-9-17-15(10-14)13-6-4-3-5-7-13;1-2-6-10(7-3-1)11-8-4-5-9-12-11;/h3-6,8-10H,1-2H3;1-6,8-9H;/q2*-1;/i1D3,2D3;;. The molecule has 3 heterocycles. The molecule has 0 spiro atoms. The first-order valence-electron chi connectivity index (χ1n) is 12.7. The summed E-state index contributed by atoms with van der Waals surface area (Å²) in [6.07, 6.45) is 3.30. The number of nitrogens with zero attached hydrogens (tertiary/aromatic N) is 5. The fraction of sp³-hybridized carbons (Fsp3) is 0.0741. The Morgan fingerprint density at radius 1 is 0.667 bits per heavy atom. The molecule has 0 fully saturated rings. The molecule has 0 N–H and O–H groups in total. The zero-order valence-electron chi connectivity index (χ0n) is 23.2. The van der Waals surface area contributed by atoms with Gasteiger partial charge in [-0.1, -0.05) is 18.2 Å². The summed E-state index contributed by atoms with van der Waals surface area (Å²) in [4.78, 5) is 20.0. The van der Waals surface area contributed by atoms with E-state index in [-0.39, 0.29) is 25.9 Å². The molecule has 5 rings (SSSR count). The van der Waals surface area contributed by atoms with Crippen molar-refractivity contribution in [1.82, 2.24) is 24.9 Å². The van der Waals surface area contributed by atoms with Crippen molar-refractivity contribution in [2.75, 3.05) is 0 Å². The molecule has 33 heavy (non-hydrogen) atoms. The Labute approximate surface area is 215 Å². The van der Waals surface area contributed by atoms with Crippen LogP contribution < -0.4 is 0 Å². The molecule has 165 valence electrons. The van der Waals surface area contributed by atoms with Crippen molar-refractivity contribution >= 4 is 0 Å². The second-order valence-electron chi connectivity index (χ2n) is 6.50. The quantitative estimate of drug-likeness (QED) is 0.249. The van der Waals surface area contributed by atoms with Crippen LogP contribution in [0.1, 0.15) is 19.9 Å². The number of aromatic nitrogens is 5. The van der Waals surface area contributed by atoms with Gasteiger partial charge in [-0.15, -0.1) is 71.8 Å². The molecule has 5 aromatic rings. The van der Waals surface area contributed by atoms with E-state index < -0.39 is 25.4 Å². The van der Waals surface area contributed by atoms with Gasteiger partial charge in [-0.3, -0.25) is 0 Å². The zero-order valence-corrected chi connectivity index (χ0v) is 19.6. The van der Waals surface area contributed by atoms with Gasteiger partial charge in [0.25, 0.3) is 0 Å². The molecule has 0 aliphatic rings. The first-order chi connectivity index (χ1) is 18.1. The van der Waals surface area contributed by atoms with Crippen LogP contribution in [0.15, 0.2) is 91.3 Å². The number of hydrogen-bond donors (Lipinski definition) is 0. The Hall–Kier alpha value is -3.60. The summed E-state index contributed by atoms with van der Waals surface area (Å²) in [6.45, 7) is -5.30. The summed E-state index contributed by atoms with van der Waals surface area (Å²) >= 11 is 0. The molecule has 0 bridgehead atoms. The minimum atomic E-state index is -2.65. The maximum atomic E-state index is 7.49. The summed E-state index contributed by atoms with van der Waals surface area (Å²) < 4.78 is 44.9. The van der Waals surface area contributed by atoms with Gasteiger partial charge in [0.2, 0.25) is 0 Å². The molecule has 0 unspecified atom stereocenters. The molecule has 5 nitrogen and oxygen atoms in total. The van der Waals surface area contributed by atoms with Crippen LogP contribution in [0.25, 0.3) is 33.9 Å². The predicted octanol–water partition coefficient (Wildman–Crippen LogP) is 5.56. The van der Waals surface area contributed by atoms with Crippen molar-refractivity contribution in [2.45, 2.75) is 13.7 Å². The van der Waals surface area contributed by atoms with Crippen molar-refractivity contribution in [2.24, 2.45) is 0 Å². The van der Waals surface area contributed by atoms with Crippen molar-refractivity contribution in [3.8, 4) is 33.9 Å². The van der Waals surface area contributed by atoms with E-state index >= 15 is 0 Å². The summed E-state index contributed by atoms with van der Waals surface area (Å²) in [6, 6.07) is 30.3. The molecule has 0 amide bonds. The van der Waals surface area contributed by atoms with Gasteiger partial charge < -0.3 is 9.97 Å². The van der Waals surface area contributed by atoms with Crippen LogP contribution in [0.4, 0.5) is 0 Å². The molecule has 3 aromatic heterocycles. The van der Waals surface area contributed by atoms with Crippen LogP contribution in [0.3, 0.4) is 0 Å². The number of pyridine rings is 2. The average molecular weight is 614 g/mol. The molecule has 0 atom stereocenters. The Bertz CT molecular complexity index is 1410. The van der Waals surface area contributed by atoms with Gasteiger partial charge in [-0.05, 0) is 37.2 Å². The first-order valence-corrected chi connectivity index (χ1v) is 9.70. The van der Waals surface area contributed by atoms with Crippen molar-refractivity contribution in [3.05, 3.63) is 115 Å². The van der Waals surface area contributed by atoms with Gasteiger partial charge in [0.1, 0.15) is 11.6 Å². The van der Waals surface area contributed by atoms with Gasteiger partial charge in [0.15, 0.2) is 5.82 Å². The normalized spacial score (nSPS) is 13.3. The van der Waals surface area contributed by atoms with E-state index in [1.54, 1.807) is 24.4 Å². The maximum Gasteiger partial charge on any atom is 0.162 e. The van der Waals surface area contributed by atoms with E-state index in [2.05, 4.69) is 37.1 Å². The van der Waals surface area contributed by atoms with Gasteiger partial charge in [0.05, 0.1) is 0 Å². The molecule has 6 heteroatoms. The number of hydrogen-bond acceptors (Lipinski definition) is 5. The third-order valence-corrected chi connectivity index (χ3v) is 4.29. The molecular weight excluding hydrogens is 587 g/mol. The Morgan fingerprint density at radius 3 is 1.88 bits per heavy atom. The molecule has 1 radical (unpaired) electrons. The van der Waals surface area contributed by atoms with Crippen molar-refractivity contribution in [1.29, 1.82) is 0 Å². The van der Waals surface area contributed by atoms with Crippen molar-refractivity contribution in [3.63, 3.8) is 0 Å². The van der Waals surface area contributed by atoms with Crippen LogP contribution in [0.5, 0.6) is 0 Å². The fourth-order valence-corrected chi connectivity index (χ4v) is 2.85. The summed E-state index contributed by atoms with van der Waals surface area (Å²) in [7, 11) is 0. The van der Waals surface area contributed by atoms with Gasteiger partial charge in [-0.25, -0.2) is 15.0 Å². The summed E-state index contributed by atoms with van der Waals surface area (Å²) in [5, 5.41) is 0. The van der Waals surface area contributed by atoms with Crippen LogP contribution in [-0.2, 0) is 20.1 Å². The van der Waals surface area contributed by atoms with Crippen LogP contribution >= 0.6 is 0 Å². The number of benzene rings is 2. The maximum absolute atomic E-state index is 7.49. The SMILES string of the molecule is [2H]C([2H])([2H])c1nc(-c2ccnc(-c3[c-]cccc3)c2)nc(C([2H])([2H])[2H])n1.[Ir].[c-]1ccccc1-c1ccccn1. The minimum absolute atomic E-state index is 0. The third kappa shape index (κ3) is 6.69. The zero-order chi connectivity index (χ0) is 27.2. The molecule has 2 aromatic carbocycles. The monoisotopic (exact) mass is 614 g/mol. The largest absolute Gasteiger partial charge is 0.305 e. The van der Waals surface area contributed by atoms with E-state index in [1.807, 2.05) is 60.7 Å². The van der Waals surface area contributed by atoms with Crippen LogP contribution in [0.2, 0.25) is 0 Å². The fourth-order valence-electron chi connectivity index (χ4n) is 2.85. The second-order valence-corrected chi connectivity index (χ2v) is 6.50. The summed E-state index contributed by atoms with van der Waals surface area (Å²) in [5.41, 5.74) is 3.76. The Morgan fingerprint density at radius 2 is 1.30 bits per heavy atom. The molecule has 0 saturated heterocycles. The Balaban J connectivity index is 0.000000270. The van der Waals surface area contributed by atoms with Crippen molar-refractivity contribution < 1.29 is 28.3 Å². The first kappa shape index (κ1) is 17.0. The molecule has 0 saturated carbocycles. The smallest absolute Gasteiger partial charge is 0.162 e. The number of rotatable bonds is 3. The van der Waals surface area contributed by atoms with E-state index in [4.69, 9.17) is 8.22 Å². The van der Waals surface area contributed by atoms with E-state index in [1.165, 1.54) is 6.20 Å². The number of aryl methyl sites for hydroxylation is 2. The Kier molecular flexibility index (Phi) is 6.09. The van der Waals surface area contributed by atoms with E-state index in [0.717, 1.165) is 16.8 Å². The molecule has 0 aliphatic carbocycles. The van der Waals surface area contributed by atoms with Gasteiger partial charge in [0, 0.05) is 46.3 Å². The van der Waals surface area contributed by atoms with Gasteiger partial charge >= 0.3 is 0 Å². The second kappa shape index (κ2) is 11.9. The van der Waals surface area contributed by atoms with E-state index in [0.29, 0.717) is 11.3 Å².